The van der Waals surface area contributed by atoms with Crippen LogP contribution in [0.15, 0.2) is 54.7 Å². The van der Waals surface area contributed by atoms with E-state index in [-0.39, 0.29) is 11.8 Å². The molecule has 1 aliphatic carbocycles. The molecule has 1 aliphatic rings. The minimum Gasteiger partial charge on any atom is -0.445 e. The minimum absolute atomic E-state index is 0.273. The van der Waals surface area contributed by atoms with Crippen molar-refractivity contribution < 1.29 is 13.9 Å². The molecule has 4 rings (SSSR count). The number of halogens is 1. The van der Waals surface area contributed by atoms with Gasteiger partial charge >= 0.3 is 6.03 Å². The Morgan fingerprint density at radius 1 is 1.26 bits per heavy atom. The van der Waals surface area contributed by atoms with Gasteiger partial charge < -0.3 is 4.74 Å². The lowest BCUT2D eigenvalue weighted by Gasteiger charge is -2.18. The second-order valence-corrected chi connectivity index (χ2v) is 7.39. The van der Waals surface area contributed by atoms with E-state index in [0.29, 0.717) is 21.9 Å². The zero-order valence-electron chi connectivity index (χ0n) is 14.7. The summed E-state index contributed by atoms with van der Waals surface area (Å²) in [5.74, 6) is 0.812. The highest BCUT2D eigenvalue weighted by molar-refractivity contribution is 7.17. The number of aromatic nitrogens is 1. The van der Waals surface area contributed by atoms with Gasteiger partial charge in [0.15, 0.2) is 5.13 Å². The highest BCUT2D eigenvalue weighted by Crippen LogP contribution is 2.41. The Labute approximate surface area is 160 Å². The number of anilines is 2. The molecule has 1 aromatic heterocycles. The number of hydrogen-bond acceptors (Lipinski definition) is 4. The number of amides is 2. The molecule has 0 unspecified atom stereocenters. The molecule has 0 bridgehead atoms. The largest absolute Gasteiger partial charge is 0.445 e. The van der Waals surface area contributed by atoms with Crippen molar-refractivity contribution in [2.45, 2.75) is 18.8 Å². The molecule has 0 spiro atoms. The molecule has 3 aromatic rings. The maximum Gasteiger partial charge on any atom is 0.327 e. The molecule has 7 heteroatoms. The van der Waals surface area contributed by atoms with Crippen LogP contribution in [0.4, 0.5) is 20.0 Å². The van der Waals surface area contributed by atoms with Crippen LogP contribution in [-0.2, 0) is 0 Å². The number of ether oxygens (including phenoxy) is 1. The Morgan fingerprint density at radius 3 is 2.78 bits per heavy atom. The fraction of sp³-hybridized carbons (Fsp3) is 0.200. The van der Waals surface area contributed by atoms with Crippen molar-refractivity contribution in [3.63, 3.8) is 0 Å². The van der Waals surface area contributed by atoms with Crippen molar-refractivity contribution in [2.75, 3.05) is 17.3 Å². The maximum atomic E-state index is 12.9. The quantitative estimate of drug-likeness (QED) is 0.622. The van der Waals surface area contributed by atoms with Crippen LogP contribution in [0.2, 0.25) is 0 Å². The number of carbonyl (C=O) groups excluding carboxylic acids is 1. The summed E-state index contributed by atoms with van der Waals surface area (Å²) >= 11 is 1.21. The molecule has 2 aromatic carbocycles. The summed E-state index contributed by atoms with van der Waals surface area (Å²) in [6, 6.07) is 13.5. The molecule has 0 radical (unpaired) electrons. The fourth-order valence-corrected chi connectivity index (χ4v) is 3.36. The van der Waals surface area contributed by atoms with Crippen LogP contribution in [0.5, 0.6) is 10.8 Å². The topological polar surface area (TPSA) is 54.5 Å². The lowest BCUT2D eigenvalue weighted by atomic mass is 10.1. The van der Waals surface area contributed by atoms with Crippen LogP contribution >= 0.6 is 11.3 Å². The minimum atomic E-state index is -0.326. The molecule has 138 valence electrons. The monoisotopic (exact) mass is 383 g/mol. The van der Waals surface area contributed by atoms with E-state index < -0.39 is 0 Å². The van der Waals surface area contributed by atoms with E-state index in [2.05, 4.69) is 22.4 Å². The standard InChI is InChI=1S/C20H18FN3O2S/c1-24(16-4-2-3-14(11-16)13-5-6-13)20(25)23-19-22-12-18(27-19)26-17-9-7-15(21)8-10-17/h2-4,7-13H,5-6H2,1H3,(H,22,23,25). The van der Waals surface area contributed by atoms with Crippen LogP contribution in [0.25, 0.3) is 0 Å². The van der Waals surface area contributed by atoms with Gasteiger partial charge in [0.1, 0.15) is 11.6 Å². The fourth-order valence-electron chi connectivity index (χ4n) is 2.68. The molecular formula is C20H18FN3O2S. The third kappa shape index (κ3) is 4.25. The van der Waals surface area contributed by atoms with Crippen LogP contribution in [-0.4, -0.2) is 18.1 Å². The summed E-state index contributed by atoms with van der Waals surface area (Å²) in [5, 5.41) is 3.72. The Bertz CT molecular complexity index is 954. The van der Waals surface area contributed by atoms with E-state index in [1.165, 1.54) is 60.2 Å². The average molecular weight is 383 g/mol. The highest BCUT2D eigenvalue weighted by atomic mass is 32.1. The normalized spacial score (nSPS) is 13.3. The molecule has 0 atom stereocenters. The second kappa shape index (κ2) is 7.36. The van der Waals surface area contributed by atoms with Gasteiger partial charge in [-0.2, -0.15) is 0 Å². The van der Waals surface area contributed by atoms with E-state index in [4.69, 9.17) is 4.74 Å². The molecule has 5 nitrogen and oxygen atoms in total. The van der Waals surface area contributed by atoms with Gasteiger partial charge in [0.2, 0.25) is 5.06 Å². The molecule has 2 amide bonds. The number of nitrogens with one attached hydrogen (secondary N) is 1. The van der Waals surface area contributed by atoms with E-state index in [0.717, 1.165) is 5.69 Å². The Morgan fingerprint density at radius 2 is 2.04 bits per heavy atom. The van der Waals surface area contributed by atoms with E-state index in [9.17, 15) is 9.18 Å². The van der Waals surface area contributed by atoms with Crippen LogP contribution in [0.1, 0.15) is 24.3 Å². The number of rotatable bonds is 5. The van der Waals surface area contributed by atoms with Gasteiger partial charge in [0.05, 0.1) is 6.20 Å². The number of thiazole rings is 1. The first kappa shape index (κ1) is 17.5. The predicted molar refractivity (Wildman–Crippen MR) is 104 cm³/mol. The number of carbonyl (C=O) groups is 1. The van der Waals surface area contributed by atoms with Crippen molar-refractivity contribution in [1.82, 2.24) is 4.98 Å². The summed E-state index contributed by atoms with van der Waals surface area (Å²) < 4.78 is 18.6. The molecule has 1 saturated carbocycles. The molecule has 1 heterocycles. The summed E-state index contributed by atoms with van der Waals surface area (Å²) in [6.45, 7) is 0. The summed E-state index contributed by atoms with van der Waals surface area (Å²) in [7, 11) is 1.73. The zero-order valence-corrected chi connectivity index (χ0v) is 15.5. The molecule has 27 heavy (non-hydrogen) atoms. The number of nitrogens with zero attached hydrogens (tertiary/aromatic N) is 2. The van der Waals surface area contributed by atoms with Crippen molar-refractivity contribution in [3.05, 3.63) is 66.1 Å². The van der Waals surface area contributed by atoms with Crippen molar-refractivity contribution in [3.8, 4) is 10.8 Å². The molecule has 0 aliphatic heterocycles. The van der Waals surface area contributed by atoms with Crippen LogP contribution in [0, 0.1) is 5.82 Å². The summed E-state index contributed by atoms with van der Waals surface area (Å²) in [5.41, 5.74) is 2.12. The van der Waals surface area contributed by atoms with Crippen LogP contribution < -0.4 is 15.0 Å². The Kier molecular flexibility index (Phi) is 4.77. The first-order valence-electron chi connectivity index (χ1n) is 8.62. The smallest absolute Gasteiger partial charge is 0.327 e. The second-order valence-electron chi connectivity index (χ2n) is 6.40. The average Bonchev–Trinajstić information content (AvgIpc) is 3.45. The third-order valence-corrected chi connectivity index (χ3v) is 5.13. The maximum absolute atomic E-state index is 12.9. The van der Waals surface area contributed by atoms with E-state index >= 15 is 0 Å². The van der Waals surface area contributed by atoms with Crippen molar-refractivity contribution in [2.24, 2.45) is 0 Å². The van der Waals surface area contributed by atoms with Gasteiger partial charge in [-0.25, -0.2) is 14.2 Å². The molecule has 0 saturated heterocycles. The Hall–Kier alpha value is -2.93. The van der Waals surface area contributed by atoms with Gasteiger partial charge in [0, 0.05) is 12.7 Å². The van der Waals surface area contributed by atoms with Gasteiger partial charge in [-0.05, 0) is 60.7 Å². The van der Waals surface area contributed by atoms with Gasteiger partial charge in [0.25, 0.3) is 0 Å². The zero-order chi connectivity index (χ0) is 18.8. The van der Waals surface area contributed by atoms with Crippen molar-refractivity contribution >= 4 is 28.2 Å². The molecular weight excluding hydrogens is 365 g/mol. The number of benzene rings is 2. The van der Waals surface area contributed by atoms with Gasteiger partial charge in [-0.15, -0.1) is 0 Å². The third-order valence-electron chi connectivity index (χ3n) is 4.34. The van der Waals surface area contributed by atoms with E-state index in [1.807, 2.05) is 12.1 Å². The first-order chi connectivity index (χ1) is 13.1. The predicted octanol–water partition coefficient (Wildman–Crippen LogP) is 5.62. The lowest BCUT2D eigenvalue weighted by molar-refractivity contribution is 0.258. The SMILES string of the molecule is CN(C(=O)Nc1ncc(Oc2ccc(F)cc2)s1)c1cccc(C2CC2)c1. The lowest BCUT2D eigenvalue weighted by Crippen LogP contribution is -2.31. The molecule has 1 fully saturated rings. The highest BCUT2D eigenvalue weighted by Gasteiger charge is 2.24. The van der Waals surface area contributed by atoms with Gasteiger partial charge in [-0.3, -0.25) is 10.2 Å². The van der Waals surface area contributed by atoms with Gasteiger partial charge in [-0.1, -0.05) is 23.5 Å². The van der Waals surface area contributed by atoms with Crippen molar-refractivity contribution in [1.29, 1.82) is 0 Å². The summed E-state index contributed by atoms with van der Waals surface area (Å²) in [4.78, 5) is 18.2. The van der Waals surface area contributed by atoms with E-state index in [1.54, 1.807) is 11.9 Å². The van der Waals surface area contributed by atoms with Crippen LogP contribution in [0.3, 0.4) is 0 Å². The number of hydrogen-bond donors (Lipinski definition) is 1. The first-order valence-corrected chi connectivity index (χ1v) is 9.44. The summed E-state index contributed by atoms with van der Waals surface area (Å²) in [6.07, 6.45) is 3.96. The number of urea groups is 1. The Balaban J connectivity index is 1.40. The molecule has 1 N–H and O–H groups in total.